The van der Waals surface area contributed by atoms with Crippen LogP contribution in [0.15, 0.2) is 29.2 Å². The first-order chi connectivity index (χ1) is 15.2. The van der Waals surface area contributed by atoms with Gasteiger partial charge in [0.05, 0.1) is 17.5 Å². The number of amides is 1. The molecule has 9 heteroatoms. The van der Waals surface area contributed by atoms with Crippen LogP contribution in [0.3, 0.4) is 0 Å². The van der Waals surface area contributed by atoms with E-state index in [4.69, 9.17) is 11.6 Å². The Balaban J connectivity index is 1.33. The maximum Gasteiger partial charge on any atom is 0.241 e. The molecule has 1 aromatic carbocycles. The fourth-order valence-corrected chi connectivity index (χ4v) is 8.85. The van der Waals surface area contributed by atoms with Crippen LogP contribution in [0.25, 0.3) is 0 Å². The number of sulfonamides is 1. The zero-order valence-electron chi connectivity index (χ0n) is 18.0. The molecule has 1 saturated heterocycles. The molecule has 172 valence electrons. The lowest BCUT2D eigenvalue weighted by Crippen LogP contribution is -2.69. The third-order valence-electron chi connectivity index (χ3n) is 7.86. The molecule has 4 bridgehead atoms. The van der Waals surface area contributed by atoms with Crippen molar-refractivity contribution in [1.82, 2.24) is 14.9 Å². The standard InChI is InChI=1S/C23H29ClN4O3S/c24-18-3-1-5-20(8-18)32(30,31)27-23-11-16-7-17(12-23)10-22(9-16,15-23)26-14-21(29)28-6-2-4-19(28)13-25/h1,3,5,8,16-17,19,26-27H,2,4,6-7,9-12,14-15H2. The molecule has 1 aliphatic heterocycles. The van der Waals surface area contributed by atoms with Crippen molar-refractivity contribution in [1.29, 1.82) is 5.26 Å². The van der Waals surface area contributed by atoms with Gasteiger partial charge in [-0.05, 0) is 81.4 Å². The summed E-state index contributed by atoms with van der Waals surface area (Å²) in [6.07, 6.45) is 7.03. The van der Waals surface area contributed by atoms with Crippen molar-refractivity contribution in [3.63, 3.8) is 0 Å². The van der Waals surface area contributed by atoms with Crippen molar-refractivity contribution in [2.45, 2.75) is 73.4 Å². The predicted octanol–water partition coefficient (Wildman–Crippen LogP) is 2.81. The third kappa shape index (κ3) is 4.05. The Morgan fingerprint density at radius 3 is 2.62 bits per heavy atom. The molecular weight excluding hydrogens is 448 g/mol. The van der Waals surface area contributed by atoms with Crippen LogP contribution >= 0.6 is 11.6 Å². The molecule has 5 fully saturated rings. The summed E-state index contributed by atoms with van der Waals surface area (Å²) in [7, 11) is -3.70. The van der Waals surface area contributed by atoms with E-state index in [9.17, 15) is 18.5 Å². The minimum Gasteiger partial charge on any atom is -0.326 e. The molecule has 4 saturated carbocycles. The van der Waals surface area contributed by atoms with Gasteiger partial charge >= 0.3 is 0 Å². The second kappa shape index (κ2) is 7.98. The van der Waals surface area contributed by atoms with Gasteiger partial charge in [-0.2, -0.15) is 5.26 Å². The van der Waals surface area contributed by atoms with Gasteiger partial charge in [-0.1, -0.05) is 17.7 Å². The van der Waals surface area contributed by atoms with Gasteiger partial charge in [0.25, 0.3) is 0 Å². The summed E-state index contributed by atoms with van der Waals surface area (Å²) in [5, 5.41) is 13.2. The van der Waals surface area contributed by atoms with Crippen molar-refractivity contribution in [3.05, 3.63) is 29.3 Å². The van der Waals surface area contributed by atoms with Crippen LogP contribution in [-0.2, 0) is 14.8 Å². The molecule has 0 spiro atoms. The van der Waals surface area contributed by atoms with Gasteiger partial charge in [0.1, 0.15) is 6.04 Å². The van der Waals surface area contributed by atoms with Crippen molar-refractivity contribution in [3.8, 4) is 6.07 Å². The highest BCUT2D eigenvalue weighted by molar-refractivity contribution is 7.89. The number of carbonyl (C=O) groups excluding carboxylic acids is 1. The fraction of sp³-hybridized carbons (Fsp3) is 0.652. The number of halogens is 1. The SMILES string of the molecule is N#CC1CCCN1C(=O)CNC12CC3CC(C1)CC(NS(=O)(=O)c1cccc(Cl)c1)(C3)C2. The monoisotopic (exact) mass is 476 g/mol. The Labute approximate surface area is 194 Å². The maximum absolute atomic E-state index is 13.2. The largest absolute Gasteiger partial charge is 0.326 e. The van der Waals surface area contributed by atoms with Crippen LogP contribution in [-0.4, -0.2) is 49.4 Å². The molecule has 32 heavy (non-hydrogen) atoms. The third-order valence-corrected chi connectivity index (χ3v) is 9.67. The van der Waals surface area contributed by atoms with Gasteiger partial charge in [0.15, 0.2) is 0 Å². The van der Waals surface area contributed by atoms with Gasteiger partial charge < -0.3 is 10.2 Å². The second-order valence-electron chi connectivity index (χ2n) is 10.3. The normalized spacial score (nSPS) is 35.8. The number of rotatable bonds is 6. The van der Waals surface area contributed by atoms with E-state index in [1.165, 1.54) is 6.07 Å². The summed E-state index contributed by atoms with van der Waals surface area (Å²) in [4.78, 5) is 14.7. The van der Waals surface area contributed by atoms with Gasteiger partial charge in [0.2, 0.25) is 15.9 Å². The smallest absolute Gasteiger partial charge is 0.241 e. The number of nitriles is 1. The highest BCUT2D eigenvalue weighted by Crippen LogP contribution is 2.57. The molecule has 2 N–H and O–H groups in total. The number of benzene rings is 1. The van der Waals surface area contributed by atoms with Gasteiger partial charge in [-0.15, -0.1) is 0 Å². The number of likely N-dealkylation sites (tertiary alicyclic amines) is 1. The fourth-order valence-electron chi connectivity index (χ4n) is 7.13. The average molecular weight is 477 g/mol. The van der Waals surface area contributed by atoms with Crippen LogP contribution in [0.1, 0.15) is 51.4 Å². The van der Waals surface area contributed by atoms with Crippen LogP contribution in [0.2, 0.25) is 5.02 Å². The van der Waals surface area contributed by atoms with Crippen LogP contribution in [0, 0.1) is 23.2 Å². The van der Waals surface area contributed by atoms with Crippen molar-refractivity contribution in [2.75, 3.05) is 13.1 Å². The minimum absolute atomic E-state index is 0.0293. The first-order valence-electron chi connectivity index (χ1n) is 11.5. The van der Waals surface area contributed by atoms with Gasteiger partial charge in [-0.25, -0.2) is 13.1 Å². The molecule has 7 nitrogen and oxygen atoms in total. The van der Waals surface area contributed by atoms with E-state index < -0.39 is 15.6 Å². The summed E-state index contributed by atoms with van der Waals surface area (Å²) in [5.74, 6) is 0.859. The predicted molar refractivity (Wildman–Crippen MR) is 120 cm³/mol. The number of nitrogens with zero attached hydrogens (tertiary/aromatic N) is 2. The lowest BCUT2D eigenvalue weighted by molar-refractivity contribution is -0.131. The molecule has 1 heterocycles. The Morgan fingerprint density at radius 1 is 1.22 bits per heavy atom. The zero-order valence-corrected chi connectivity index (χ0v) is 19.6. The molecule has 5 aliphatic rings. The molecule has 6 rings (SSSR count). The Kier molecular flexibility index (Phi) is 5.52. The Bertz CT molecular complexity index is 1060. The summed E-state index contributed by atoms with van der Waals surface area (Å²) in [6.45, 7) is 0.842. The number of hydrogen-bond acceptors (Lipinski definition) is 5. The average Bonchev–Trinajstić information content (AvgIpc) is 3.19. The molecule has 4 aliphatic carbocycles. The Morgan fingerprint density at radius 2 is 1.94 bits per heavy atom. The highest BCUT2D eigenvalue weighted by Gasteiger charge is 2.58. The summed E-state index contributed by atoms with van der Waals surface area (Å²) < 4.78 is 29.5. The van der Waals surface area contributed by atoms with Crippen LogP contribution < -0.4 is 10.0 Å². The molecular formula is C23H29ClN4O3S. The quantitative estimate of drug-likeness (QED) is 0.657. The first-order valence-corrected chi connectivity index (χ1v) is 13.3. The van der Waals surface area contributed by atoms with E-state index in [2.05, 4.69) is 16.1 Å². The van der Waals surface area contributed by atoms with E-state index in [1.54, 1.807) is 23.1 Å². The molecule has 0 radical (unpaired) electrons. The van der Waals surface area contributed by atoms with E-state index in [1.807, 2.05) is 0 Å². The molecule has 1 amide bonds. The number of nitrogens with one attached hydrogen (secondary N) is 2. The maximum atomic E-state index is 13.2. The molecule has 0 aromatic heterocycles. The topological polar surface area (TPSA) is 102 Å². The summed E-state index contributed by atoms with van der Waals surface area (Å²) in [6, 6.07) is 8.28. The molecule has 3 unspecified atom stereocenters. The van der Waals surface area contributed by atoms with E-state index >= 15 is 0 Å². The van der Waals surface area contributed by atoms with Crippen LogP contribution in [0.5, 0.6) is 0 Å². The molecule has 1 aromatic rings. The number of hydrogen-bond donors (Lipinski definition) is 2. The first kappa shape index (κ1) is 22.1. The van der Waals surface area contributed by atoms with E-state index in [0.29, 0.717) is 29.8 Å². The van der Waals surface area contributed by atoms with E-state index in [0.717, 1.165) is 44.9 Å². The highest BCUT2D eigenvalue weighted by atomic mass is 35.5. The minimum atomic E-state index is -3.70. The molecule has 3 atom stereocenters. The lowest BCUT2D eigenvalue weighted by Gasteiger charge is -2.62. The number of carbonyl (C=O) groups is 1. The van der Waals surface area contributed by atoms with Crippen molar-refractivity contribution < 1.29 is 13.2 Å². The summed E-state index contributed by atoms with van der Waals surface area (Å²) >= 11 is 6.04. The van der Waals surface area contributed by atoms with Gasteiger partial charge in [-0.3, -0.25) is 4.79 Å². The zero-order chi connectivity index (χ0) is 22.6. The van der Waals surface area contributed by atoms with Crippen molar-refractivity contribution in [2.24, 2.45) is 11.8 Å². The van der Waals surface area contributed by atoms with E-state index in [-0.39, 0.29) is 28.9 Å². The second-order valence-corrected chi connectivity index (χ2v) is 12.4. The van der Waals surface area contributed by atoms with Crippen LogP contribution in [0.4, 0.5) is 0 Å². The summed E-state index contributed by atoms with van der Waals surface area (Å²) in [5.41, 5.74) is -0.734. The Hall–Kier alpha value is -1.66. The van der Waals surface area contributed by atoms with Gasteiger partial charge in [0, 0.05) is 22.6 Å². The lowest BCUT2D eigenvalue weighted by atomic mass is 9.50. The van der Waals surface area contributed by atoms with Crippen molar-refractivity contribution >= 4 is 27.5 Å².